The van der Waals surface area contributed by atoms with Gasteiger partial charge >= 0.3 is 7.82 Å². The number of amides is 1. The number of carbonyl (C=O) groups excluding carboxylic acids is 1. The predicted octanol–water partition coefficient (Wildman–Crippen LogP) is 10.8. The highest BCUT2D eigenvalue weighted by Crippen LogP contribution is 2.43. The molecule has 0 radical (unpaired) electrons. The monoisotopic (exact) mass is 718 g/mol. The van der Waals surface area contributed by atoms with Crippen molar-refractivity contribution in [1.82, 2.24) is 5.32 Å². The minimum absolute atomic E-state index is 0.0642. The second kappa shape index (κ2) is 33.1. The number of hydrogen-bond acceptors (Lipinski definition) is 5. The maximum atomic E-state index is 12.8. The van der Waals surface area contributed by atoms with Crippen molar-refractivity contribution in [2.45, 2.75) is 199 Å². The Labute approximate surface area is 303 Å². The fraction of sp³-hybridized carbons (Fsp3) is 0.925. The van der Waals surface area contributed by atoms with E-state index >= 15 is 0 Å². The SMILES string of the molecule is CCCCCCCCCCC/C=C/[C@@H](O)[C@H](COP(=O)(O)OCC[N+](C)(C)C)NC(=O)CCCCCCCCCCCCCCCCCC. The third kappa shape index (κ3) is 35.4. The number of phosphoric ester groups is 1. The van der Waals surface area contributed by atoms with Gasteiger partial charge in [-0.25, -0.2) is 4.57 Å². The summed E-state index contributed by atoms with van der Waals surface area (Å²) in [5.41, 5.74) is 0. The number of likely N-dealkylation sites (N-methyl/N-ethyl adjacent to an activating group) is 1. The molecule has 8 nitrogen and oxygen atoms in total. The van der Waals surface area contributed by atoms with Crippen molar-refractivity contribution in [2.24, 2.45) is 0 Å². The van der Waals surface area contributed by atoms with E-state index in [0.717, 1.165) is 38.5 Å². The maximum absolute atomic E-state index is 12.8. The Morgan fingerprint density at radius 2 is 1.08 bits per heavy atom. The van der Waals surface area contributed by atoms with Crippen molar-refractivity contribution < 1.29 is 32.9 Å². The number of phosphoric acid groups is 1. The van der Waals surface area contributed by atoms with E-state index in [4.69, 9.17) is 9.05 Å². The average Bonchev–Trinajstić information content (AvgIpc) is 3.04. The summed E-state index contributed by atoms with van der Waals surface area (Å²) in [6, 6.07) is -0.838. The zero-order chi connectivity index (χ0) is 36.5. The molecule has 0 aromatic heterocycles. The Balaban J connectivity index is 4.42. The lowest BCUT2D eigenvalue weighted by Gasteiger charge is -2.25. The van der Waals surface area contributed by atoms with E-state index in [2.05, 4.69) is 19.2 Å². The fourth-order valence-electron chi connectivity index (χ4n) is 5.92. The number of nitrogens with zero attached hydrogens (tertiary/aromatic N) is 1. The van der Waals surface area contributed by atoms with Gasteiger partial charge in [0.05, 0.1) is 39.9 Å². The van der Waals surface area contributed by atoms with Gasteiger partial charge in [-0.15, -0.1) is 0 Å². The molecule has 0 spiro atoms. The summed E-state index contributed by atoms with van der Waals surface area (Å²) in [6.45, 7) is 4.80. The smallest absolute Gasteiger partial charge is 0.387 e. The van der Waals surface area contributed by atoms with Gasteiger partial charge in [0, 0.05) is 6.42 Å². The summed E-state index contributed by atoms with van der Waals surface area (Å²) in [5.74, 6) is -0.177. The zero-order valence-corrected chi connectivity index (χ0v) is 33.8. The topological polar surface area (TPSA) is 105 Å². The average molecular weight is 718 g/mol. The first-order valence-corrected chi connectivity index (χ1v) is 22.1. The molecule has 0 aliphatic rings. The van der Waals surface area contributed by atoms with Crippen LogP contribution in [0.15, 0.2) is 12.2 Å². The number of aliphatic hydroxyl groups excluding tert-OH is 1. The Hall–Kier alpha value is -0.760. The van der Waals surface area contributed by atoms with Crippen molar-refractivity contribution in [3.63, 3.8) is 0 Å². The molecule has 3 N–H and O–H groups in total. The van der Waals surface area contributed by atoms with Gasteiger partial charge in [0.1, 0.15) is 13.2 Å². The van der Waals surface area contributed by atoms with E-state index in [1.807, 2.05) is 27.2 Å². The number of unbranched alkanes of at least 4 members (excludes halogenated alkanes) is 24. The summed E-state index contributed by atoms with van der Waals surface area (Å²) < 4.78 is 23.5. The summed E-state index contributed by atoms with van der Waals surface area (Å²) >= 11 is 0. The Morgan fingerprint density at radius 1 is 0.673 bits per heavy atom. The summed E-state index contributed by atoms with van der Waals surface area (Å²) in [5, 5.41) is 13.8. The molecule has 0 saturated heterocycles. The van der Waals surface area contributed by atoms with E-state index < -0.39 is 20.0 Å². The van der Waals surface area contributed by atoms with Gasteiger partial charge in [-0.1, -0.05) is 174 Å². The van der Waals surface area contributed by atoms with Crippen LogP contribution in [0.4, 0.5) is 0 Å². The number of hydrogen-bond donors (Lipinski definition) is 3. The van der Waals surface area contributed by atoms with E-state index in [-0.39, 0.29) is 19.1 Å². The second-order valence-electron chi connectivity index (χ2n) is 15.4. The van der Waals surface area contributed by atoms with Gasteiger partial charge in [0.15, 0.2) is 0 Å². The first-order chi connectivity index (χ1) is 23.5. The van der Waals surface area contributed by atoms with Crippen LogP contribution in [-0.2, 0) is 18.4 Å². The van der Waals surface area contributed by atoms with Crippen molar-refractivity contribution in [3.8, 4) is 0 Å². The third-order valence-electron chi connectivity index (χ3n) is 9.26. The van der Waals surface area contributed by atoms with Crippen molar-refractivity contribution in [2.75, 3.05) is 40.9 Å². The number of nitrogens with one attached hydrogen (secondary N) is 1. The summed E-state index contributed by atoms with van der Waals surface area (Å²) in [4.78, 5) is 23.0. The van der Waals surface area contributed by atoms with E-state index in [9.17, 15) is 19.4 Å². The molecule has 1 amide bonds. The molecule has 0 aliphatic heterocycles. The normalized spacial score (nSPS) is 14.7. The number of aliphatic hydroxyl groups is 1. The Kier molecular flexibility index (Phi) is 32.6. The van der Waals surface area contributed by atoms with Gasteiger partial charge in [-0.05, 0) is 19.3 Å². The molecule has 0 aromatic rings. The standard InChI is InChI=1S/C40H81N2O6P/c1-6-8-10-12-14-16-18-19-20-21-22-24-26-28-30-32-34-40(44)41-38(37-48-49(45,46)47-36-35-42(3,4)5)39(43)33-31-29-27-25-23-17-15-13-11-9-7-2/h31,33,38-39,43H,6-30,32,34-37H2,1-5H3,(H-,41,44,45,46)/p+1/b33-31+/t38-,39+/m0/s1. The minimum atomic E-state index is -4.32. The highest BCUT2D eigenvalue weighted by molar-refractivity contribution is 7.47. The van der Waals surface area contributed by atoms with Crippen molar-refractivity contribution >= 4 is 13.7 Å². The first kappa shape index (κ1) is 48.2. The highest BCUT2D eigenvalue weighted by atomic mass is 31.2. The molecule has 3 atom stereocenters. The van der Waals surface area contributed by atoms with E-state index in [0.29, 0.717) is 17.4 Å². The molecule has 0 saturated carbocycles. The van der Waals surface area contributed by atoms with Gasteiger partial charge < -0.3 is 19.8 Å². The minimum Gasteiger partial charge on any atom is -0.387 e. The van der Waals surface area contributed by atoms with Crippen LogP contribution in [-0.4, -0.2) is 73.4 Å². The molecule has 0 bridgehead atoms. The second-order valence-corrected chi connectivity index (χ2v) is 16.8. The van der Waals surface area contributed by atoms with Crippen LogP contribution in [0.25, 0.3) is 0 Å². The van der Waals surface area contributed by atoms with Crippen LogP contribution >= 0.6 is 7.82 Å². The highest BCUT2D eigenvalue weighted by Gasteiger charge is 2.27. The van der Waals surface area contributed by atoms with Crippen molar-refractivity contribution in [1.29, 1.82) is 0 Å². The largest absolute Gasteiger partial charge is 0.472 e. The van der Waals surface area contributed by atoms with E-state index in [1.165, 1.54) is 128 Å². The molecular weight excluding hydrogens is 635 g/mol. The van der Waals surface area contributed by atoms with Crippen LogP contribution in [0.2, 0.25) is 0 Å². The van der Waals surface area contributed by atoms with Crippen LogP contribution in [0.3, 0.4) is 0 Å². The van der Waals surface area contributed by atoms with Gasteiger partial charge in [-0.2, -0.15) is 0 Å². The number of quaternary nitrogens is 1. The zero-order valence-electron chi connectivity index (χ0n) is 32.9. The number of carbonyl (C=O) groups is 1. The van der Waals surface area contributed by atoms with Gasteiger partial charge in [-0.3, -0.25) is 13.8 Å². The van der Waals surface area contributed by atoms with Crippen LogP contribution in [0, 0.1) is 0 Å². The molecule has 9 heteroatoms. The molecule has 49 heavy (non-hydrogen) atoms. The number of allylic oxidation sites excluding steroid dienone is 1. The van der Waals surface area contributed by atoms with Crippen LogP contribution in [0.5, 0.6) is 0 Å². The van der Waals surface area contributed by atoms with E-state index in [1.54, 1.807) is 6.08 Å². The lowest BCUT2D eigenvalue weighted by Crippen LogP contribution is -2.45. The summed E-state index contributed by atoms with van der Waals surface area (Å²) in [7, 11) is 1.58. The lowest BCUT2D eigenvalue weighted by atomic mass is 10.0. The number of rotatable bonds is 37. The predicted molar refractivity (Wildman–Crippen MR) is 208 cm³/mol. The molecule has 0 aromatic carbocycles. The molecule has 0 heterocycles. The first-order valence-electron chi connectivity index (χ1n) is 20.6. The Bertz CT molecular complexity index is 819. The molecule has 292 valence electrons. The fourth-order valence-corrected chi connectivity index (χ4v) is 6.66. The van der Waals surface area contributed by atoms with Crippen LogP contribution in [0.1, 0.15) is 187 Å². The maximum Gasteiger partial charge on any atom is 0.472 e. The third-order valence-corrected chi connectivity index (χ3v) is 10.2. The lowest BCUT2D eigenvalue weighted by molar-refractivity contribution is -0.870. The van der Waals surface area contributed by atoms with Crippen LogP contribution < -0.4 is 5.32 Å². The quantitative estimate of drug-likeness (QED) is 0.0256. The molecule has 0 aliphatic carbocycles. The van der Waals surface area contributed by atoms with Crippen molar-refractivity contribution in [3.05, 3.63) is 12.2 Å². The molecule has 0 rings (SSSR count). The summed E-state index contributed by atoms with van der Waals surface area (Å²) in [6.07, 6.45) is 35.5. The molecular formula is C40H82N2O6P+. The molecule has 1 unspecified atom stereocenters. The Morgan fingerprint density at radius 3 is 1.51 bits per heavy atom. The van der Waals surface area contributed by atoms with Gasteiger partial charge in [0.2, 0.25) is 5.91 Å². The van der Waals surface area contributed by atoms with Gasteiger partial charge in [0.25, 0.3) is 0 Å². The molecule has 0 fully saturated rings.